The highest BCUT2D eigenvalue weighted by molar-refractivity contribution is 9.10. The summed E-state index contributed by atoms with van der Waals surface area (Å²) in [5.41, 5.74) is 3.43. The molecule has 2 aromatic rings. The Hall–Kier alpha value is -1.13. The van der Waals surface area contributed by atoms with E-state index in [9.17, 15) is 8.78 Å². The average molecular weight is 376 g/mol. The monoisotopic (exact) mass is 374 g/mol. The summed E-state index contributed by atoms with van der Waals surface area (Å²) in [6, 6.07) is 10.5. The van der Waals surface area contributed by atoms with Crippen molar-refractivity contribution >= 4 is 27.5 Å². The second-order valence-electron chi connectivity index (χ2n) is 4.74. The SMILES string of the molecule is Cc1cc(C(Cl)c2ccccc2OC(F)F)c(C)cc1Br. The van der Waals surface area contributed by atoms with Gasteiger partial charge >= 0.3 is 6.61 Å². The highest BCUT2D eigenvalue weighted by atomic mass is 79.9. The standard InChI is InChI=1S/C16H14BrClF2O/c1-9-8-13(17)10(2)7-12(9)15(18)11-5-3-4-6-14(11)21-16(19)20/h3-8,15-16H,1-2H3. The zero-order valence-electron chi connectivity index (χ0n) is 11.5. The topological polar surface area (TPSA) is 9.23 Å². The molecule has 0 aliphatic heterocycles. The van der Waals surface area contributed by atoms with Gasteiger partial charge in [0.2, 0.25) is 0 Å². The zero-order chi connectivity index (χ0) is 15.6. The van der Waals surface area contributed by atoms with Crippen LogP contribution in [0.25, 0.3) is 0 Å². The second-order valence-corrected chi connectivity index (χ2v) is 6.03. The van der Waals surface area contributed by atoms with Crippen LogP contribution in [0.1, 0.15) is 27.6 Å². The molecule has 0 fully saturated rings. The maximum absolute atomic E-state index is 12.5. The van der Waals surface area contributed by atoms with Crippen LogP contribution in [0.4, 0.5) is 8.78 Å². The van der Waals surface area contributed by atoms with E-state index in [0.717, 1.165) is 21.2 Å². The molecule has 0 radical (unpaired) electrons. The Morgan fingerprint density at radius 3 is 2.38 bits per heavy atom. The summed E-state index contributed by atoms with van der Waals surface area (Å²) in [6.07, 6.45) is 0. The van der Waals surface area contributed by atoms with Crippen LogP contribution in [-0.2, 0) is 0 Å². The molecule has 1 nitrogen and oxygen atoms in total. The molecule has 0 saturated carbocycles. The molecule has 0 aromatic heterocycles. The first-order valence-corrected chi connectivity index (χ1v) is 7.57. The number of aryl methyl sites for hydroxylation is 2. The molecule has 0 amide bonds. The summed E-state index contributed by atoms with van der Waals surface area (Å²) in [5, 5.41) is -0.549. The van der Waals surface area contributed by atoms with Gasteiger partial charge in [0.1, 0.15) is 5.75 Å². The van der Waals surface area contributed by atoms with Crippen molar-refractivity contribution in [1.29, 1.82) is 0 Å². The Morgan fingerprint density at radius 2 is 1.71 bits per heavy atom. The van der Waals surface area contributed by atoms with E-state index in [0.29, 0.717) is 5.56 Å². The Kier molecular flexibility index (Phi) is 5.22. The highest BCUT2D eigenvalue weighted by Gasteiger charge is 2.20. The minimum atomic E-state index is -2.87. The predicted molar refractivity (Wildman–Crippen MR) is 84.4 cm³/mol. The number of hydrogen-bond donors (Lipinski definition) is 0. The highest BCUT2D eigenvalue weighted by Crippen LogP contribution is 2.38. The largest absolute Gasteiger partial charge is 0.434 e. The van der Waals surface area contributed by atoms with E-state index in [1.807, 2.05) is 26.0 Å². The molecule has 5 heteroatoms. The van der Waals surface area contributed by atoms with Crippen LogP contribution in [0.5, 0.6) is 5.75 Å². The number of para-hydroxylation sites is 1. The number of benzene rings is 2. The van der Waals surface area contributed by atoms with Crippen molar-refractivity contribution in [2.75, 3.05) is 0 Å². The van der Waals surface area contributed by atoms with Crippen molar-refractivity contribution in [3.05, 3.63) is 63.1 Å². The number of alkyl halides is 3. The molecule has 112 valence electrons. The number of halogens is 4. The Balaban J connectivity index is 2.45. The Morgan fingerprint density at radius 1 is 1.05 bits per heavy atom. The molecule has 0 heterocycles. The third kappa shape index (κ3) is 3.74. The molecule has 0 N–H and O–H groups in total. The molecule has 1 unspecified atom stereocenters. The lowest BCUT2D eigenvalue weighted by molar-refractivity contribution is -0.0504. The smallest absolute Gasteiger partial charge is 0.387 e. The van der Waals surface area contributed by atoms with Gasteiger partial charge in [-0.15, -0.1) is 11.6 Å². The van der Waals surface area contributed by atoms with Gasteiger partial charge in [0.25, 0.3) is 0 Å². The van der Waals surface area contributed by atoms with E-state index in [1.54, 1.807) is 18.2 Å². The summed E-state index contributed by atoms with van der Waals surface area (Å²) >= 11 is 9.98. The van der Waals surface area contributed by atoms with Gasteiger partial charge in [0.05, 0.1) is 5.38 Å². The van der Waals surface area contributed by atoms with Crippen LogP contribution in [0.3, 0.4) is 0 Å². The maximum Gasteiger partial charge on any atom is 0.387 e. The maximum atomic E-state index is 12.5. The summed E-state index contributed by atoms with van der Waals surface area (Å²) in [7, 11) is 0. The second kappa shape index (κ2) is 6.75. The molecular weight excluding hydrogens is 362 g/mol. The van der Waals surface area contributed by atoms with Crippen molar-refractivity contribution in [1.82, 2.24) is 0 Å². The fourth-order valence-electron chi connectivity index (χ4n) is 2.14. The van der Waals surface area contributed by atoms with Crippen LogP contribution in [-0.4, -0.2) is 6.61 Å². The van der Waals surface area contributed by atoms with Gasteiger partial charge in [-0.2, -0.15) is 8.78 Å². The summed E-state index contributed by atoms with van der Waals surface area (Å²) in [5.74, 6) is 0.104. The molecule has 21 heavy (non-hydrogen) atoms. The summed E-state index contributed by atoms with van der Waals surface area (Å²) < 4.78 is 30.5. The molecule has 1 atom stereocenters. The molecule has 2 rings (SSSR count). The fraction of sp³-hybridized carbons (Fsp3) is 0.250. The normalized spacial score (nSPS) is 12.5. The van der Waals surface area contributed by atoms with E-state index < -0.39 is 12.0 Å². The van der Waals surface area contributed by atoms with Crippen LogP contribution in [0.15, 0.2) is 40.9 Å². The summed E-state index contributed by atoms with van der Waals surface area (Å²) in [4.78, 5) is 0. The molecule has 0 bridgehead atoms. The van der Waals surface area contributed by atoms with Gasteiger partial charge in [0.15, 0.2) is 0 Å². The Bertz CT molecular complexity index is 646. The van der Waals surface area contributed by atoms with E-state index in [4.69, 9.17) is 11.6 Å². The zero-order valence-corrected chi connectivity index (χ0v) is 13.9. The molecule has 0 spiro atoms. The van der Waals surface area contributed by atoms with Gasteiger partial charge in [-0.25, -0.2) is 0 Å². The van der Waals surface area contributed by atoms with Crippen molar-refractivity contribution < 1.29 is 13.5 Å². The lowest BCUT2D eigenvalue weighted by Gasteiger charge is -2.18. The first-order chi connectivity index (χ1) is 9.90. The van der Waals surface area contributed by atoms with Gasteiger partial charge in [-0.3, -0.25) is 0 Å². The van der Waals surface area contributed by atoms with Crippen molar-refractivity contribution in [2.45, 2.75) is 25.8 Å². The van der Waals surface area contributed by atoms with E-state index in [1.165, 1.54) is 6.07 Å². The predicted octanol–water partition coefficient (Wildman–Crippen LogP) is 6.00. The summed E-state index contributed by atoms with van der Waals surface area (Å²) in [6.45, 7) is 1.02. The molecule has 0 saturated heterocycles. The minimum Gasteiger partial charge on any atom is -0.434 e. The molecule has 2 aromatic carbocycles. The van der Waals surface area contributed by atoms with E-state index >= 15 is 0 Å². The van der Waals surface area contributed by atoms with Gasteiger partial charge in [-0.05, 0) is 42.7 Å². The molecular formula is C16H14BrClF2O. The van der Waals surface area contributed by atoms with Crippen molar-refractivity contribution in [3.8, 4) is 5.75 Å². The minimum absolute atomic E-state index is 0.104. The van der Waals surface area contributed by atoms with Crippen molar-refractivity contribution in [2.24, 2.45) is 0 Å². The van der Waals surface area contributed by atoms with Crippen LogP contribution >= 0.6 is 27.5 Å². The molecule has 0 aliphatic carbocycles. The van der Waals surface area contributed by atoms with Gasteiger partial charge < -0.3 is 4.74 Å². The Labute approximate surface area is 136 Å². The first-order valence-electron chi connectivity index (χ1n) is 6.34. The number of hydrogen-bond acceptors (Lipinski definition) is 1. The first kappa shape index (κ1) is 16.2. The molecule has 0 aliphatic rings. The lowest BCUT2D eigenvalue weighted by atomic mass is 9.97. The van der Waals surface area contributed by atoms with Crippen LogP contribution < -0.4 is 4.74 Å². The van der Waals surface area contributed by atoms with E-state index in [-0.39, 0.29) is 5.75 Å². The average Bonchev–Trinajstić information content (AvgIpc) is 2.42. The third-order valence-electron chi connectivity index (χ3n) is 3.23. The van der Waals surface area contributed by atoms with Gasteiger partial charge in [0, 0.05) is 10.0 Å². The quantitative estimate of drug-likeness (QED) is 0.596. The fourth-order valence-corrected chi connectivity index (χ4v) is 3.01. The lowest BCUT2D eigenvalue weighted by Crippen LogP contribution is -2.06. The number of rotatable bonds is 4. The van der Waals surface area contributed by atoms with Crippen molar-refractivity contribution in [3.63, 3.8) is 0 Å². The van der Waals surface area contributed by atoms with E-state index in [2.05, 4.69) is 20.7 Å². The van der Waals surface area contributed by atoms with Crippen LogP contribution in [0.2, 0.25) is 0 Å². The third-order valence-corrected chi connectivity index (χ3v) is 4.55. The number of ether oxygens (including phenoxy) is 1. The van der Waals surface area contributed by atoms with Crippen LogP contribution in [0, 0.1) is 13.8 Å². The van der Waals surface area contributed by atoms with Gasteiger partial charge in [-0.1, -0.05) is 40.2 Å².